The monoisotopic (exact) mass is 316 g/mol. The zero-order valence-electron chi connectivity index (χ0n) is 3.18. The predicted octanol–water partition coefficient (Wildman–Crippen LogP) is -10.7. The Hall–Kier alpha value is 2.58. The summed E-state index contributed by atoms with van der Waals surface area (Å²) < 4.78 is 3.19. The van der Waals surface area contributed by atoms with Crippen molar-refractivity contribution in [2.24, 2.45) is 0 Å². The Morgan fingerprint density at radius 1 is 0.750 bits per heavy atom. The van der Waals surface area contributed by atoms with Crippen LogP contribution in [0.25, 0.3) is 0 Å². The summed E-state index contributed by atoms with van der Waals surface area (Å²) in [6.07, 6.45) is 0. The molecule has 8 heavy (non-hydrogen) atoms. The van der Waals surface area contributed by atoms with E-state index >= 15 is 0 Å². The van der Waals surface area contributed by atoms with Crippen LogP contribution >= 0.6 is 23.7 Å². The second kappa shape index (κ2) is 55.0. The van der Waals surface area contributed by atoms with Crippen molar-refractivity contribution in [3.8, 4) is 0 Å². The fraction of sp³-hybridized carbons (Fsp3) is 0. The second-order valence-electron chi connectivity index (χ2n) is 0.0583. The Morgan fingerprint density at radius 2 is 0.750 bits per heavy atom. The van der Waals surface area contributed by atoms with Gasteiger partial charge in [0.1, 0.15) is 0 Å². The molecule has 8 heteroatoms. The van der Waals surface area contributed by atoms with Gasteiger partial charge in [-0.3, -0.25) is 0 Å². The van der Waals surface area contributed by atoms with Gasteiger partial charge in [0.2, 0.25) is 0 Å². The van der Waals surface area contributed by atoms with Crippen LogP contribution in [0, 0.1) is 0 Å². The third kappa shape index (κ3) is 74.0. The molecule has 0 aromatic carbocycles. The van der Waals surface area contributed by atoms with Crippen LogP contribution in [0.5, 0.6) is 0 Å². The maximum Gasteiger partial charge on any atom is 4.00 e. The molecule has 0 atom stereocenters. The molecule has 0 heterocycles. The molecule has 0 aliphatic carbocycles. The molecule has 0 aliphatic rings. The van der Waals surface area contributed by atoms with Gasteiger partial charge in [0.15, 0.2) is 0 Å². The van der Waals surface area contributed by atoms with E-state index in [1.54, 1.807) is 0 Å². The normalized spacial score (nSPS) is 2.25. The van der Waals surface area contributed by atoms with Gasteiger partial charge in [-0.1, -0.05) is 0 Å². The van der Waals surface area contributed by atoms with Gasteiger partial charge in [-0.15, -0.1) is 0 Å². The van der Waals surface area contributed by atoms with Gasteiger partial charge in [-0.05, 0) is 0 Å². The van der Waals surface area contributed by atoms with E-state index in [-0.39, 0.29) is 75.8 Å². The number of hydrogen-bond donors (Lipinski definition) is 0. The summed E-state index contributed by atoms with van der Waals surface area (Å²) in [6.45, 7) is 0. The minimum atomic E-state index is 0. The summed E-state index contributed by atoms with van der Waals surface area (Å²) in [6, 6.07) is 0. The van der Waals surface area contributed by atoms with Gasteiger partial charge in [0, 0.05) is 0 Å². The van der Waals surface area contributed by atoms with Crippen LogP contribution in [0.15, 0.2) is 0 Å². The SMILES string of the molecule is ClOCl.[Cl-].[Cl-].[Cl-].[Cl-].[Zr+4]. The topological polar surface area (TPSA) is 9.23 Å². The van der Waals surface area contributed by atoms with E-state index in [4.69, 9.17) is 0 Å². The first kappa shape index (κ1) is 46.3. The first-order chi connectivity index (χ1) is 1.41. The smallest absolute Gasteiger partial charge is 1.00 e. The van der Waals surface area contributed by atoms with E-state index < -0.39 is 0 Å². The fourth-order valence-electron chi connectivity index (χ4n) is 0. The number of halogens is 6. The minimum Gasteiger partial charge on any atom is -1.00 e. The van der Waals surface area contributed by atoms with Crippen molar-refractivity contribution in [3.05, 3.63) is 0 Å². The molecule has 0 unspecified atom stereocenters. The second-order valence-corrected chi connectivity index (χ2v) is 0.525. The number of hydrogen-bond acceptors (Lipinski definition) is 1. The average molecular weight is 320 g/mol. The standard InChI is InChI=1S/Cl2O.4ClH.Zr/c1-3-2;;;;;/h;4*1H;/q;;;;;+4/p-4. The molecule has 0 bridgehead atoms. The molecule has 0 amide bonds. The van der Waals surface area contributed by atoms with Crippen LogP contribution in [0.3, 0.4) is 0 Å². The summed E-state index contributed by atoms with van der Waals surface area (Å²) in [5.74, 6) is 0. The van der Waals surface area contributed by atoms with Crippen molar-refractivity contribution in [2.75, 3.05) is 0 Å². The van der Waals surface area contributed by atoms with E-state index in [1.807, 2.05) is 0 Å². The zero-order valence-corrected chi connectivity index (χ0v) is 10.2. The van der Waals surface area contributed by atoms with Gasteiger partial charge in [0.25, 0.3) is 0 Å². The largest absolute Gasteiger partial charge is 4.00 e. The number of rotatable bonds is 0. The minimum absolute atomic E-state index is 0. The molecule has 52 valence electrons. The first-order valence-corrected chi connectivity index (χ1v) is 0.926. The Bertz CT molecular complexity index is 8.49. The Labute approximate surface area is 102 Å². The van der Waals surface area contributed by atoms with Gasteiger partial charge in [-0.25, -0.2) is 0 Å². The van der Waals surface area contributed by atoms with Gasteiger partial charge in [-0.2, -0.15) is 3.84 Å². The van der Waals surface area contributed by atoms with Crippen LogP contribution in [-0.2, 0) is 30.0 Å². The van der Waals surface area contributed by atoms with Crippen LogP contribution < -0.4 is 49.6 Å². The molecule has 0 aromatic rings. The van der Waals surface area contributed by atoms with Crippen molar-refractivity contribution < 1.29 is 79.7 Å². The molecule has 0 spiro atoms. The van der Waals surface area contributed by atoms with Gasteiger partial charge < -0.3 is 49.6 Å². The maximum absolute atomic E-state index is 4.26. The van der Waals surface area contributed by atoms with E-state index in [9.17, 15) is 0 Å². The summed E-state index contributed by atoms with van der Waals surface area (Å²) in [5.41, 5.74) is 0. The molecule has 0 aromatic heterocycles. The van der Waals surface area contributed by atoms with Crippen molar-refractivity contribution >= 4 is 23.7 Å². The van der Waals surface area contributed by atoms with Crippen molar-refractivity contribution in [1.82, 2.24) is 0 Å². The molecule has 0 fully saturated rings. The molecule has 0 saturated heterocycles. The van der Waals surface area contributed by atoms with E-state index in [2.05, 4.69) is 27.6 Å². The zero-order chi connectivity index (χ0) is 2.71. The summed E-state index contributed by atoms with van der Waals surface area (Å²) in [4.78, 5) is 0. The van der Waals surface area contributed by atoms with Crippen molar-refractivity contribution in [1.29, 1.82) is 0 Å². The molecule has 0 N–H and O–H groups in total. The third-order valence-corrected chi connectivity index (χ3v) is 0. The Morgan fingerprint density at radius 3 is 0.750 bits per heavy atom. The summed E-state index contributed by atoms with van der Waals surface area (Å²) in [5, 5.41) is 0. The summed E-state index contributed by atoms with van der Waals surface area (Å²) >= 11 is 8.53. The van der Waals surface area contributed by atoms with Crippen LogP contribution in [0.2, 0.25) is 0 Å². The Balaban J connectivity index is -0.00000000200. The average Bonchev–Trinajstić information content (AvgIpc) is 0.918. The molecular weight excluding hydrogens is 320 g/mol. The van der Waals surface area contributed by atoms with Crippen LogP contribution in [0.4, 0.5) is 0 Å². The quantitative estimate of drug-likeness (QED) is 0.431. The summed E-state index contributed by atoms with van der Waals surface area (Å²) in [7, 11) is 0. The molecule has 0 rings (SSSR count). The fourth-order valence-corrected chi connectivity index (χ4v) is 0. The van der Waals surface area contributed by atoms with E-state index in [0.717, 1.165) is 0 Å². The Kier molecular flexibility index (Phi) is 318. The van der Waals surface area contributed by atoms with E-state index in [0.29, 0.717) is 0 Å². The van der Waals surface area contributed by atoms with E-state index in [1.165, 1.54) is 0 Å². The van der Waals surface area contributed by atoms with Gasteiger partial charge >= 0.3 is 26.2 Å². The predicted molar refractivity (Wildman–Crippen MR) is 12.8 cm³/mol. The van der Waals surface area contributed by atoms with Crippen LogP contribution in [0.1, 0.15) is 0 Å². The molecule has 0 radical (unpaired) electrons. The molecular formula is Cl6OZr. The van der Waals surface area contributed by atoms with Crippen LogP contribution in [-0.4, -0.2) is 0 Å². The molecule has 0 aliphatic heterocycles. The maximum atomic E-state index is 4.26. The third-order valence-electron chi connectivity index (χ3n) is 0. The molecule has 1 nitrogen and oxygen atoms in total. The van der Waals surface area contributed by atoms with Crippen molar-refractivity contribution in [3.63, 3.8) is 0 Å². The van der Waals surface area contributed by atoms with Gasteiger partial charge in [0.05, 0.1) is 23.7 Å². The first-order valence-electron chi connectivity index (χ1n) is 0.309. The van der Waals surface area contributed by atoms with Crippen molar-refractivity contribution in [2.45, 2.75) is 0 Å². The molecule has 0 saturated carbocycles.